The molecule has 1 atom stereocenters. The third kappa shape index (κ3) is 5.67. The van der Waals surface area contributed by atoms with Crippen molar-refractivity contribution in [1.82, 2.24) is 10.6 Å². The molecule has 0 heterocycles. The van der Waals surface area contributed by atoms with Crippen molar-refractivity contribution in [2.45, 2.75) is 56.2 Å². The Morgan fingerprint density at radius 1 is 0.971 bits per heavy atom. The molecule has 5 rings (SSSR count). The monoisotopic (exact) mass is 508 g/mol. The van der Waals surface area contributed by atoms with Gasteiger partial charge in [0.05, 0.1) is 16.7 Å². The molecule has 3 aliphatic carbocycles. The maximum absolute atomic E-state index is 13.7. The molecule has 2 bridgehead atoms. The molecular weight excluding hydrogens is 482 g/mol. The number of rotatable bonds is 8. The van der Waals surface area contributed by atoms with E-state index in [0.717, 1.165) is 6.07 Å². The summed E-state index contributed by atoms with van der Waals surface area (Å²) in [7, 11) is 0. The molecule has 2 aromatic carbocycles. The van der Waals surface area contributed by atoms with Gasteiger partial charge in [0.25, 0.3) is 11.8 Å². The first-order chi connectivity index (χ1) is 16.6. The molecule has 7 nitrogen and oxygen atoms in total. The Labute approximate surface area is 206 Å². The van der Waals surface area contributed by atoms with Crippen molar-refractivity contribution in [3.63, 3.8) is 0 Å². The number of fused-ring (bicyclic) bond motifs is 3. The SMILES string of the molecule is Cc1ccc(OCC(=O)NC23CCC(NC(=O)COc4ccc(Cl)c(F)c4)(CC2)[C@@H](O)C3)cc1F. The molecule has 0 unspecified atom stereocenters. The predicted octanol–water partition coefficient (Wildman–Crippen LogP) is 3.43. The first-order valence-electron chi connectivity index (χ1n) is 11.4. The van der Waals surface area contributed by atoms with Crippen LogP contribution in [0, 0.1) is 18.6 Å². The van der Waals surface area contributed by atoms with Crippen LogP contribution in [0.15, 0.2) is 36.4 Å². The van der Waals surface area contributed by atoms with Gasteiger partial charge in [-0.1, -0.05) is 17.7 Å². The molecule has 2 aromatic rings. The number of aryl methyl sites for hydroxylation is 1. The van der Waals surface area contributed by atoms with Crippen molar-refractivity contribution in [2.24, 2.45) is 0 Å². The molecule has 3 aliphatic rings. The van der Waals surface area contributed by atoms with Gasteiger partial charge in [-0.2, -0.15) is 0 Å². The maximum Gasteiger partial charge on any atom is 0.258 e. The molecule has 0 aromatic heterocycles. The molecular formula is C25H27ClF2N2O5. The molecule has 0 spiro atoms. The molecule has 3 N–H and O–H groups in total. The van der Waals surface area contributed by atoms with Crippen LogP contribution in [0.3, 0.4) is 0 Å². The summed E-state index contributed by atoms with van der Waals surface area (Å²) >= 11 is 5.64. The summed E-state index contributed by atoms with van der Waals surface area (Å²) in [4.78, 5) is 25.0. The second kappa shape index (κ2) is 9.99. The zero-order chi connectivity index (χ0) is 25.2. The van der Waals surface area contributed by atoms with Gasteiger partial charge in [0, 0.05) is 17.7 Å². The summed E-state index contributed by atoms with van der Waals surface area (Å²) in [6.07, 6.45) is 1.49. The Hall–Kier alpha value is -2.91. The number of aliphatic hydroxyl groups excluding tert-OH is 1. The smallest absolute Gasteiger partial charge is 0.258 e. The minimum absolute atomic E-state index is 0.0422. The molecule has 35 heavy (non-hydrogen) atoms. The van der Waals surface area contributed by atoms with Gasteiger partial charge in [-0.25, -0.2) is 8.78 Å². The van der Waals surface area contributed by atoms with E-state index in [0.29, 0.717) is 31.2 Å². The predicted molar refractivity (Wildman–Crippen MR) is 124 cm³/mol. The Bertz CT molecular complexity index is 1120. The lowest BCUT2D eigenvalue weighted by molar-refractivity contribution is -0.137. The van der Waals surface area contributed by atoms with Gasteiger partial charge in [-0.3, -0.25) is 9.59 Å². The summed E-state index contributed by atoms with van der Waals surface area (Å²) < 4.78 is 38.0. The van der Waals surface area contributed by atoms with E-state index in [1.54, 1.807) is 19.1 Å². The van der Waals surface area contributed by atoms with Crippen molar-refractivity contribution >= 4 is 23.4 Å². The third-order valence-corrected chi connectivity index (χ3v) is 7.19. The van der Waals surface area contributed by atoms with Crippen LogP contribution in [0.2, 0.25) is 5.02 Å². The Morgan fingerprint density at radius 2 is 1.54 bits per heavy atom. The lowest BCUT2D eigenvalue weighted by Crippen LogP contribution is -2.70. The van der Waals surface area contributed by atoms with Crippen molar-refractivity contribution in [3.8, 4) is 11.5 Å². The van der Waals surface area contributed by atoms with Crippen molar-refractivity contribution in [3.05, 3.63) is 58.6 Å². The van der Waals surface area contributed by atoms with Crippen LogP contribution in [0.25, 0.3) is 0 Å². The lowest BCUT2D eigenvalue weighted by Gasteiger charge is -2.56. The molecule has 0 aliphatic heterocycles. The van der Waals surface area contributed by atoms with Crippen LogP contribution < -0.4 is 20.1 Å². The second-order valence-corrected chi connectivity index (χ2v) is 9.72. The number of carbonyl (C=O) groups is 2. The third-order valence-electron chi connectivity index (χ3n) is 6.89. The Kier molecular flexibility index (Phi) is 7.19. The average molecular weight is 509 g/mol. The van der Waals surface area contributed by atoms with Gasteiger partial charge in [-0.05, 0) is 62.8 Å². The van der Waals surface area contributed by atoms with E-state index in [4.69, 9.17) is 21.1 Å². The van der Waals surface area contributed by atoms with Crippen LogP contribution in [-0.2, 0) is 9.59 Å². The van der Waals surface area contributed by atoms with Gasteiger partial charge in [0.1, 0.15) is 23.1 Å². The summed E-state index contributed by atoms with van der Waals surface area (Å²) in [5.41, 5.74) is -0.920. The summed E-state index contributed by atoms with van der Waals surface area (Å²) in [5.74, 6) is -1.42. The fourth-order valence-corrected chi connectivity index (χ4v) is 4.95. The fourth-order valence-electron chi connectivity index (χ4n) is 4.84. The van der Waals surface area contributed by atoms with Crippen molar-refractivity contribution < 1.29 is 33.0 Å². The highest BCUT2D eigenvalue weighted by molar-refractivity contribution is 6.30. The van der Waals surface area contributed by atoms with E-state index in [1.165, 1.54) is 18.2 Å². The number of carbonyl (C=O) groups excluding carboxylic acids is 2. The van der Waals surface area contributed by atoms with Crippen molar-refractivity contribution in [1.29, 1.82) is 0 Å². The minimum atomic E-state index is -0.866. The highest BCUT2D eigenvalue weighted by Gasteiger charge is 2.55. The van der Waals surface area contributed by atoms with Gasteiger partial charge in [0.15, 0.2) is 13.2 Å². The van der Waals surface area contributed by atoms with E-state index in [-0.39, 0.29) is 42.1 Å². The minimum Gasteiger partial charge on any atom is -0.484 e. The molecule has 2 amide bonds. The number of amides is 2. The number of aliphatic hydroxyl groups is 1. The molecule has 3 saturated carbocycles. The molecule has 0 radical (unpaired) electrons. The van der Waals surface area contributed by atoms with E-state index in [1.807, 2.05) is 0 Å². The maximum atomic E-state index is 13.7. The van der Waals surface area contributed by atoms with Gasteiger partial charge in [-0.15, -0.1) is 0 Å². The summed E-state index contributed by atoms with van der Waals surface area (Å²) in [6.45, 7) is 1.03. The topological polar surface area (TPSA) is 96.9 Å². The Balaban J connectivity index is 1.28. The normalized spacial score (nSPS) is 25.1. The molecule has 0 saturated heterocycles. The quantitative estimate of drug-likeness (QED) is 0.507. The van der Waals surface area contributed by atoms with Gasteiger partial charge >= 0.3 is 0 Å². The molecule has 10 heteroatoms. The van der Waals surface area contributed by atoms with Gasteiger partial charge in [0.2, 0.25) is 0 Å². The number of hydrogen-bond donors (Lipinski definition) is 3. The van der Waals surface area contributed by atoms with Crippen molar-refractivity contribution in [2.75, 3.05) is 13.2 Å². The van der Waals surface area contributed by atoms with Crippen LogP contribution in [0.4, 0.5) is 8.78 Å². The average Bonchev–Trinajstić information content (AvgIpc) is 2.82. The van der Waals surface area contributed by atoms with Crippen LogP contribution in [-0.4, -0.2) is 47.3 Å². The first kappa shape index (κ1) is 25.2. The summed E-state index contributed by atoms with van der Waals surface area (Å²) in [6, 6.07) is 8.30. The van der Waals surface area contributed by atoms with Crippen LogP contribution in [0.5, 0.6) is 11.5 Å². The largest absolute Gasteiger partial charge is 0.484 e. The number of nitrogens with one attached hydrogen (secondary N) is 2. The zero-order valence-electron chi connectivity index (χ0n) is 19.2. The number of hydrogen-bond acceptors (Lipinski definition) is 5. The number of ether oxygens (including phenoxy) is 2. The number of benzene rings is 2. The molecule has 3 fully saturated rings. The molecule has 188 valence electrons. The van der Waals surface area contributed by atoms with Crippen LogP contribution in [0.1, 0.15) is 37.7 Å². The first-order valence-corrected chi connectivity index (χ1v) is 11.7. The summed E-state index contributed by atoms with van der Waals surface area (Å²) in [5, 5.41) is 16.7. The van der Waals surface area contributed by atoms with Crippen LogP contribution >= 0.6 is 11.6 Å². The fraction of sp³-hybridized carbons (Fsp3) is 0.440. The highest BCUT2D eigenvalue weighted by atomic mass is 35.5. The zero-order valence-corrected chi connectivity index (χ0v) is 20.0. The number of halogens is 3. The van der Waals surface area contributed by atoms with E-state index >= 15 is 0 Å². The van der Waals surface area contributed by atoms with E-state index < -0.39 is 34.7 Å². The van der Waals surface area contributed by atoms with E-state index in [2.05, 4.69) is 10.6 Å². The Morgan fingerprint density at radius 3 is 2.11 bits per heavy atom. The highest BCUT2D eigenvalue weighted by Crippen LogP contribution is 2.47. The lowest BCUT2D eigenvalue weighted by atomic mass is 9.60. The second-order valence-electron chi connectivity index (χ2n) is 9.32. The standard InChI is InChI=1S/C25H27ClF2N2O5/c1-15-2-3-16(10-19(15)27)34-13-22(32)29-24-6-8-25(9-7-24,21(31)12-24)30-23(33)14-35-17-4-5-18(26)20(28)11-17/h2-5,10-11,21,31H,6-9,12-14H2,1H3,(H,29,32)(H,30,33)/t21-,24?,25?/m0/s1. The van der Waals surface area contributed by atoms with Gasteiger partial charge < -0.3 is 25.2 Å². The van der Waals surface area contributed by atoms with E-state index in [9.17, 15) is 23.5 Å².